The zero-order valence-corrected chi connectivity index (χ0v) is 10.9. The van der Waals surface area contributed by atoms with Gasteiger partial charge in [0.1, 0.15) is 12.4 Å². The van der Waals surface area contributed by atoms with Gasteiger partial charge in [-0.25, -0.2) is 4.39 Å². The van der Waals surface area contributed by atoms with Crippen molar-refractivity contribution in [3.63, 3.8) is 0 Å². The second-order valence-corrected chi connectivity index (χ2v) is 4.77. The van der Waals surface area contributed by atoms with E-state index in [1.165, 1.54) is 23.1 Å². The predicted molar refractivity (Wildman–Crippen MR) is 69.5 cm³/mol. The highest BCUT2D eigenvalue weighted by atomic mass is 19.1. The first-order valence-corrected chi connectivity index (χ1v) is 6.01. The van der Waals surface area contributed by atoms with Gasteiger partial charge in [-0.2, -0.15) is 0 Å². The zero-order valence-electron chi connectivity index (χ0n) is 10.9. The van der Waals surface area contributed by atoms with Crippen molar-refractivity contribution in [1.82, 2.24) is 9.80 Å². The average Bonchev–Trinajstić information content (AvgIpc) is 2.44. The smallest absolute Gasteiger partial charge is 0.256 e. The average molecular weight is 265 g/mol. The number of likely N-dealkylation sites (N-methyl/N-ethyl adjacent to an activating group) is 1. The number of amides is 2. The maximum absolute atomic E-state index is 13.1. The summed E-state index contributed by atoms with van der Waals surface area (Å²) in [5.74, 6) is -1.04. The van der Waals surface area contributed by atoms with Crippen molar-refractivity contribution in [2.24, 2.45) is 0 Å². The highest BCUT2D eigenvalue weighted by molar-refractivity contribution is 6.08. The standard InChI is InChI=1S/C13H16FN3O2/c1-16(2)5-6-17-8-12(18)15-11-7-9(14)3-4-10(11)13(17)19/h3-4,7H,5-6,8H2,1-2H3,(H,15,18). The van der Waals surface area contributed by atoms with E-state index in [-0.39, 0.29) is 24.0 Å². The molecule has 1 aliphatic heterocycles. The lowest BCUT2D eigenvalue weighted by Crippen LogP contribution is -2.39. The van der Waals surface area contributed by atoms with Crippen molar-refractivity contribution in [3.8, 4) is 0 Å². The molecule has 2 amide bonds. The van der Waals surface area contributed by atoms with Crippen LogP contribution in [0.2, 0.25) is 0 Å². The Labute approximate surface area is 111 Å². The van der Waals surface area contributed by atoms with E-state index in [9.17, 15) is 14.0 Å². The molecule has 0 saturated carbocycles. The second kappa shape index (κ2) is 5.36. The van der Waals surface area contributed by atoms with E-state index in [1.54, 1.807) is 0 Å². The molecule has 0 atom stereocenters. The normalized spacial score (nSPS) is 15.3. The molecule has 0 bridgehead atoms. The van der Waals surface area contributed by atoms with Crippen molar-refractivity contribution in [2.75, 3.05) is 39.0 Å². The molecule has 0 radical (unpaired) electrons. The lowest BCUT2D eigenvalue weighted by molar-refractivity contribution is -0.116. The Kier molecular flexibility index (Phi) is 3.80. The number of anilines is 1. The van der Waals surface area contributed by atoms with Gasteiger partial charge in [0, 0.05) is 13.1 Å². The van der Waals surface area contributed by atoms with Crippen LogP contribution in [0.1, 0.15) is 10.4 Å². The number of nitrogens with zero attached hydrogens (tertiary/aromatic N) is 2. The summed E-state index contributed by atoms with van der Waals surface area (Å²) in [6.07, 6.45) is 0. The molecule has 1 aliphatic rings. The number of hydrogen-bond donors (Lipinski definition) is 1. The van der Waals surface area contributed by atoms with Gasteiger partial charge in [0.15, 0.2) is 0 Å². The fourth-order valence-corrected chi connectivity index (χ4v) is 1.91. The SMILES string of the molecule is CN(C)CCN1CC(=O)Nc2cc(F)ccc2C1=O. The summed E-state index contributed by atoms with van der Waals surface area (Å²) in [5, 5.41) is 2.56. The fourth-order valence-electron chi connectivity index (χ4n) is 1.91. The lowest BCUT2D eigenvalue weighted by atomic mass is 10.1. The molecular weight excluding hydrogens is 249 g/mol. The molecule has 0 unspecified atom stereocenters. The molecule has 1 aromatic carbocycles. The number of rotatable bonds is 3. The molecular formula is C13H16FN3O2. The molecule has 5 nitrogen and oxygen atoms in total. The van der Waals surface area contributed by atoms with Gasteiger partial charge in [0.25, 0.3) is 5.91 Å². The molecule has 0 fully saturated rings. The Morgan fingerprint density at radius 1 is 1.37 bits per heavy atom. The van der Waals surface area contributed by atoms with Crippen LogP contribution in [0.4, 0.5) is 10.1 Å². The number of nitrogens with one attached hydrogen (secondary N) is 1. The van der Waals surface area contributed by atoms with Gasteiger partial charge in [0.2, 0.25) is 5.91 Å². The van der Waals surface area contributed by atoms with Crippen LogP contribution in [0.3, 0.4) is 0 Å². The molecule has 6 heteroatoms. The summed E-state index contributed by atoms with van der Waals surface area (Å²) in [5.41, 5.74) is 0.563. The summed E-state index contributed by atoms with van der Waals surface area (Å²) in [6.45, 7) is 1.11. The van der Waals surface area contributed by atoms with Crippen LogP contribution in [0.5, 0.6) is 0 Å². The minimum absolute atomic E-state index is 0.0109. The summed E-state index contributed by atoms with van der Waals surface area (Å²) in [7, 11) is 3.79. The van der Waals surface area contributed by atoms with Crippen LogP contribution in [0.25, 0.3) is 0 Å². The third-order valence-corrected chi connectivity index (χ3v) is 2.92. The maximum Gasteiger partial charge on any atom is 0.256 e. The Balaban J connectivity index is 2.28. The Morgan fingerprint density at radius 3 is 2.79 bits per heavy atom. The van der Waals surface area contributed by atoms with Gasteiger partial charge in [-0.05, 0) is 32.3 Å². The fraction of sp³-hybridized carbons (Fsp3) is 0.385. The summed E-state index contributed by atoms with van der Waals surface area (Å²) < 4.78 is 13.1. The Morgan fingerprint density at radius 2 is 2.11 bits per heavy atom. The third kappa shape index (κ3) is 3.08. The molecule has 0 aliphatic carbocycles. The Bertz CT molecular complexity index is 517. The van der Waals surface area contributed by atoms with Gasteiger partial charge >= 0.3 is 0 Å². The number of hydrogen-bond acceptors (Lipinski definition) is 3. The number of fused-ring (bicyclic) bond motifs is 1. The number of carbonyl (C=O) groups is 2. The van der Waals surface area contributed by atoms with Crippen molar-refractivity contribution in [1.29, 1.82) is 0 Å². The minimum Gasteiger partial charge on any atom is -0.328 e. The van der Waals surface area contributed by atoms with Gasteiger partial charge < -0.3 is 15.1 Å². The molecule has 19 heavy (non-hydrogen) atoms. The van der Waals surface area contributed by atoms with E-state index in [0.29, 0.717) is 18.7 Å². The molecule has 2 rings (SSSR count). The number of halogens is 1. The maximum atomic E-state index is 13.1. The van der Waals surface area contributed by atoms with Crippen molar-refractivity contribution in [2.45, 2.75) is 0 Å². The summed E-state index contributed by atoms with van der Waals surface area (Å²) in [4.78, 5) is 27.4. The van der Waals surface area contributed by atoms with E-state index in [0.717, 1.165) is 0 Å². The van der Waals surface area contributed by atoms with Gasteiger partial charge in [-0.1, -0.05) is 0 Å². The number of benzene rings is 1. The van der Waals surface area contributed by atoms with E-state index in [2.05, 4.69) is 5.32 Å². The monoisotopic (exact) mass is 265 g/mol. The van der Waals surface area contributed by atoms with E-state index in [4.69, 9.17) is 0 Å². The highest BCUT2D eigenvalue weighted by Gasteiger charge is 2.26. The molecule has 102 valence electrons. The molecule has 1 N–H and O–H groups in total. The topological polar surface area (TPSA) is 52.6 Å². The molecule has 0 aromatic heterocycles. The lowest BCUT2D eigenvalue weighted by Gasteiger charge is -2.21. The predicted octanol–water partition coefficient (Wildman–Crippen LogP) is 0.782. The second-order valence-electron chi connectivity index (χ2n) is 4.77. The van der Waals surface area contributed by atoms with Gasteiger partial charge in [-0.3, -0.25) is 9.59 Å². The van der Waals surface area contributed by atoms with Crippen LogP contribution in [0, 0.1) is 5.82 Å². The molecule has 0 saturated heterocycles. The largest absolute Gasteiger partial charge is 0.328 e. The van der Waals surface area contributed by atoms with Crippen LogP contribution in [-0.4, -0.2) is 55.3 Å². The van der Waals surface area contributed by atoms with E-state index >= 15 is 0 Å². The zero-order chi connectivity index (χ0) is 14.0. The first kappa shape index (κ1) is 13.5. The Hall–Kier alpha value is -1.95. The van der Waals surface area contributed by atoms with Gasteiger partial charge in [-0.15, -0.1) is 0 Å². The number of carbonyl (C=O) groups excluding carboxylic acids is 2. The quantitative estimate of drug-likeness (QED) is 0.878. The third-order valence-electron chi connectivity index (χ3n) is 2.92. The summed E-state index contributed by atoms with van der Waals surface area (Å²) >= 11 is 0. The van der Waals surface area contributed by atoms with Crippen molar-refractivity contribution in [3.05, 3.63) is 29.6 Å². The van der Waals surface area contributed by atoms with E-state index in [1.807, 2.05) is 19.0 Å². The molecule has 1 aromatic rings. The van der Waals surface area contributed by atoms with Crippen LogP contribution in [-0.2, 0) is 4.79 Å². The van der Waals surface area contributed by atoms with Crippen LogP contribution >= 0.6 is 0 Å². The highest BCUT2D eigenvalue weighted by Crippen LogP contribution is 2.21. The van der Waals surface area contributed by atoms with Crippen molar-refractivity contribution < 1.29 is 14.0 Å². The minimum atomic E-state index is -0.478. The van der Waals surface area contributed by atoms with Crippen molar-refractivity contribution >= 4 is 17.5 Å². The van der Waals surface area contributed by atoms with Crippen LogP contribution in [0.15, 0.2) is 18.2 Å². The van der Waals surface area contributed by atoms with E-state index < -0.39 is 5.82 Å². The summed E-state index contributed by atoms with van der Waals surface area (Å²) in [6, 6.07) is 3.79. The molecule has 1 heterocycles. The van der Waals surface area contributed by atoms with Crippen LogP contribution < -0.4 is 5.32 Å². The first-order chi connectivity index (χ1) is 8.97. The molecule has 0 spiro atoms. The van der Waals surface area contributed by atoms with Gasteiger partial charge in [0.05, 0.1) is 11.3 Å². The first-order valence-electron chi connectivity index (χ1n) is 6.01.